The van der Waals surface area contributed by atoms with Crippen LogP contribution in [0.2, 0.25) is 0 Å². The molecule has 21 heavy (non-hydrogen) atoms. The summed E-state index contributed by atoms with van der Waals surface area (Å²) in [4.78, 5) is 26.0. The van der Waals surface area contributed by atoms with Crippen LogP contribution in [0.5, 0.6) is 0 Å². The van der Waals surface area contributed by atoms with E-state index < -0.39 is 11.0 Å². The van der Waals surface area contributed by atoms with Gasteiger partial charge in [-0.15, -0.1) is 0 Å². The molecule has 1 aliphatic rings. The van der Waals surface area contributed by atoms with Gasteiger partial charge in [-0.1, -0.05) is 5.11 Å². The number of nitro benzene ring substituents is 1. The molecule has 1 fully saturated rings. The second-order valence-corrected chi connectivity index (χ2v) is 4.57. The summed E-state index contributed by atoms with van der Waals surface area (Å²) in [6.07, 6.45) is 0.139. The molecule has 1 saturated heterocycles. The van der Waals surface area contributed by atoms with E-state index in [1.165, 1.54) is 29.2 Å². The van der Waals surface area contributed by atoms with Crippen LogP contribution in [0.1, 0.15) is 12.0 Å². The molecular weight excluding hydrogens is 278 g/mol. The first-order valence-electron chi connectivity index (χ1n) is 6.29. The number of benzene rings is 1. The van der Waals surface area contributed by atoms with Crippen molar-refractivity contribution in [1.29, 1.82) is 0 Å². The average molecular weight is 291 g/mol. The third-order valence-corrected chi connectivity index (χ3v) is 3.15. The number of rotatable bonds is 4. The Morgan fingerprint density at radius 2 is 2.24 bits per heavy atom. The number of nitro groups is 1. The molecule has 1 amide bonds. The Morgan fingerprint density at radius 1 is 1.52 bits per heavy atom. The van der Waals surface area contributed by atoms with E-state index in [9.17, 15) is 14.9 Å². The molecule has 1 aliphatic heterocycles. The maximum absolute atomic E-state index is 11.8. The number of hydrogen-bond donors (Lipinski definition) is 0. The molecular formula is C12H13N5O4. The fraction of sp³-hybridized carbons (Fsp3) is 0.417. The van der Waals surface area contributed by atoms with Gasteiger partial charge in [-0.2, -0.15) is 0 Å². The third kappa shape index (κ3) is 3.83. The van der Waals surface area contributed by atoms with Gasteiger partial charge in [0.15, 0.2) is 0 Å². The van der Waals surface area contributed by atoms with E-state index >= 15 is 0 Å². The van der Waals surface area contributed by atoms with Crippen LogP contribution in [0.4, 0.5) is 10.5 Å². The summed E-state index contributed by atoms with van der Waals surface area (Å²) >= 11 is 0. The van der Waals surface area contributed by atoms with Crippen molar-refractivity contribution in [3.05, 3.63) is 50.4 Å². The van der Waals surface area contributed by atoms with Gasteiger partial charge >= 0.3 is 6.09 Å². The fourth-order valence-corrected chi connectivity index (χ4v) is 2.03. The molecule has 2 rings (SSSR count). The van der Waals surface area contributed by atoms with Crippen LogP contribution in [-0.2, 0) is 11.3 Å². The van der Waals surface area contributed by atoms with Gasteiger partial charge in [-0.25, -0.2) is 4.79 Å². The summed E-state index contributed by atoms with van der Waals surface area (Å²) in [5.41, 5.74) is 8.99. The summed E-state index contributed by atoms with van der Waals surface area (Å²) in [7, 11) is 0. The minimum atomic E-state index is -0.490. The lowest BCUT2D eigenvalue weighted by atomic mass is 10.2. The second kappa shape index (κ2) is 6.58. The van der Waals surface area contributed by atoms with Gasteiger partial charge in [-0.3, -0.25) is 10.1 Å². The van der Waals surface area contributed by atoms with E-state index in [1.54, 1.807) is 0 Å². The number of azide groups is 1. The van der Waals surface area contributed by atoms with Crippen molar-refractivity contribution in [3.8, 4) is 0 Å². The minimum absolute atomic E-state index is 0.0122. The van der Waals surface area contributed by atoms with Crippen LogP contribution in [0.25, 0.3) is 10.4 Å². The van der Waals surface area contributed by atoms with Crippen molar-refractivity contribution in [2.75, 3.05) is 13.1 Å². The fourth-order valence-electron chi connectivity index (χ4n) is 2.03. The predicted octanol–water partition coefficient (Wildman–Crippen LogP) is 2.62. The predicted molar refractivity (Wildman–Crippen MR) is 72.4 cm³/mol. The molecule has 9 nitrogen and oxygen atoms in total. The third-order valence-electron chi connectivity index (χ3n) is 3.15. The molecule has 1 aromatic carbocycles. The molecule has 9 heteroatoms. The normalized spacial score (nSPS) is 17.1. The van der Waals surface area contributed by atoms with E-state index in [1.807, 2.05) is 0 Å². The number of likely N-dealkylation sites (tertiary alicyclic amines) is 1. The van der Waals surface area contributed by atoms with E-state index in [2.05, 4.69) is 10.0 Å². The topological polar surface area (TPSA) is 121 Å². The quantitative estimate of drug-likeness (QED) is 0.278. The first-order valence-corrected chi connectivity index (χ1v) is 6.29. The zero-order valence-corrected chi connectivity index (χ0v) is 11.1. The summed E-state index contributed by atoms with van der Waals surface area (Å²) in [6.45, 7) is 0.880. The SMILES string of the molecule is [N-]=[N+]=NC1CCN(C(=O)OCc2ccc([N+](=O)[O-])cc2)C1. The van der Waals surface area contributed by atoms with Gasteiger partial charge in [0.2, 0.25) is 0 Å². The van der Waals surface area contributed by atoms with Gasteiger partial charge in [0.1, 0.15) is 6.61 Å². The van der Waals surface area contributed by atoms with Crippen molar-refractivity contribution < 1.29 is 14.5 Å². The van der Waals surface area contributed by atoms with E-state index in [4.69, 9.17) is 10.3 Å². The molecule has 0 aliphatic carbocycles. The number of non-ortho nitro benzene ring substituents is 1. The molecule has 0 spiro atoms. The highest BCUT2D eigenvalue weighted by Gasteiger charge is 2.26. The number of ether oxygens (including phenoxy) is 1. The number of nitrogens with zero attached hydrogens (tertiary/aromatic N) is 5. The standard InChI is InChI=1S/C12H13N5O4/c13-15-14-10-5-6-16(7-10)12(18)21-8-9-1-3-11(4-2-9)17(19)20/h1-4,10H,5-8H2. The van der Waals surface area contributed by atoms with E-state index in [0.717, 1.165) is 0 Å². The Morgan fingerprint density at radius 3 is 2.86 bits per heavy atom. The molecule has 0 N–H and O–H groups in total. The second-order valence-electron chi connectivity index (χ2n) is 4.57. The van der Waals surface area contributed by atoms with E-state index in [0.29, 0.717) is 25.1 Å². The summed E-state index contributed by atoms with van der Waals surface area (Å²) in [5.74, 6) is 0. The summed E-state index contributed by atoms with van der Waals surface area (Å²) < 4.78 is 5.12. The average Bonchev–Trinajstić information content (AvgIpc) is 2.94. The van der Waals surface area contributed by atoms with Crippen LogP contribution >= 0.6 is 0 Å². The largest absolute Gasteiger partial charge is 0.445 e. The Kier molecular flexibility index (Phi) is 4.57. The maximum atomic E-state index is 11.8. The Labute approximate surface area is 119 Å². The van der Waals surface area contributed by atoms with Crippen LogP contribution in [0, 0.1) is 10.1 Å². The van der Waals surface area contributed by atoms with Crippen molar-refractivity contribution >= 4 is 11.8 Å². The van der Waals surface area contributed by atoms with Gasteiger partial charge in [0, 0.05) is 30.1 Å². The Balaban J connectivity index is 1.84. The maximum Gasteiger partial charge on any atom is 0.410 e. The Hall–Kier alpha value is -2.80. The number of carbonyl (C=O) groups excluding carboxylic acids is 1. The molecule has 0 saturated carbocycles. The number of carbonyl (C=O) groups is 1. The molecule has 1 unspecified atom stereocenters. The summed E-state index contributed by atoms with van der Waals surface area (Å²) in [6, 6.07) is 5.59. The molecule has 110 valence electrons. The lowest BCUT2D eigenvalue weighted by Gasteiger charge is -2.15. The van der Waals surface area contributed by atoms with Crippen molar-refractivity contribution in [2.45, 2.75) is 19.1 Å². The number of amides is 1. The van der Waals surface area contributed by atoms with E-state index in [-0.39, 0.29) is 18.3 Å². The van der Waals surface area contributed by atoms with Crippen LogP contribution in [0.3, 0.4) is 0 Å². The van der Waals surface area contributed by atoms with Gasteiger partial charge in [0.25, 0.3) is 5.69 Å². The van der Waals surface area contributed by atoms with Crippen LogP contribution < -0.4 is 0 Å². The summed E-state index contributed by atoms with van der Waals surface area (Å²) in [5, 5.41) is 14.1. The highest BCUT2D eigenvalue weighted by Crippen LogP contribution is 2.16. The minimum Gasteiger partial charge on any atom is -0.445 e. The molecule has 0 aromatic heterocycles. The van der Waals surface area contributed by atoms with Gasteiger partial charge in [-0.05, 0) is 29.6 Å². The lowest BCUT2D eigenvalue weighted by molar-refractivity contribution is -0.384. The first kappa shape index (κ1) is 14.6. The van der Waals surface area contributed by atoms with Crippen molar-refractivity contribution in [1.82, 2.24) is 4.90 Å². The number of hydrogen-bond acceptors (Lipinski definition) is 5. The van der Waals surface area contributed by atoms with Gasteiger partial charge in [0.05, 0.1) is 11.0 Å². The molecule has 0 radical (unpaired) electrons. The van der Waals surface area contributed by atoms with Crippen molar-refractivity contribution in [3.63, 3.8) is 0 Å². The molecule has 1 aromatic rings. The molecule has 1 heterocycles. The zero-order chi connectivity index (χ0) is 15.2. The zero-order valence-electron chi connectivity index (χ0n) is 11.1. The van der Waals surface area contributed by atoms with Crippen LogP contribution in [0.15, 0.2) is 29.4 Å². The smallest absolute Gasteiger partial charge is 0.410 e. The monoisotopic (exact) mass is 291 g/mol. The lowest BCUT2D eigenvalue weighted by Crippen LogP contribution is -2.29. The molecule has 0 bridgehead atoms. The first-order chi connectivity index (χ1) is 10.1. The van der Waals surface area contributed by atoms with Crippen LogP contribution in [-0.4, -0.2) is 35.0 Å². The van der Waals surface area contributed by atoms with Gasteiger partial charge < -0.3 is 9.64 Å². The highest BCUT2D eigenvalue weighted by molar-refractivity contribution is 5.68. The molecule has 1 atom stereocenters. The van der Waals surface area contributed by atoms with Crippen molar-refractivity contribution in [2.24, 2.45) is 5.11 Å². The highest BCUT2D eigenvalue weighted by atomic mass is 16.6. The Bertz CT molecular complexity index is 582.